The normalized spacial score (nSPS) is 17.4. The minimum Gasteiger partial charge on any atom is -0.481 e. The number of carboxylic acid groups (broad SMARTS) is 1. The van der Waals surface area contributed by atoms with E-state index in [0.717, 1.165) is 19.3 Å². The van der Waals surface area contributed by atoms with E-state index < -0.39 is 11.4 Å². The van der Waals surface area contributed by atoms with Crippen molar-refractivity contribution in [2.45, 2.75) is 32.1 Å². The van der Waals surface area contributed by atoms with Gasteiger partial charge in [0, 0.05) is 12.2 Å². The molecule has 2 rings (SSSR count). The largest absolute Gasteiger partial charge is 0.481 e. The predicted octanol–water partition coefficient (Wildman–Crippen LogP) is 2.03. The average Bonchev–Trinajstić information content (AvgIpc) is 2.46. The number of carbonyl (C=O) groups is 2. The third kappa shape index (κ3) is 2.92. The van der Waals surface area contributed by atoms with E-state index in [0.29, 0.717) is 24.1 Å². The summed E-state index contributed by atoms with van der Waals surface area (Å²) < 4.78 is 0. The first-order valence-corrected chi connectivity index (χ1v) is 6.91. The van der Waals surface area contributed by atoms with Crippen LogP contribution in [0.3, 0.4) is 0 Å². The zero-order chi connectivity index (χ0) is 14.6. The Morgan fingerprint density at radius 3 is 2.45 bits per heavy atom. The monoisotopic (exact) mass is 276 g/mol. The molecule has 0 unspecified atom stereocenters. The maximum absolute atomic E-state index is 12.1. The molecule has 1 aromatic rings. The van der Waals surface area contributed by atoms with Gasteiger partial charge in [-0.05, 0) is 25.0 Å². The molecule has 1 aromatic carbocycles. The molecule has 1 aliphatic carbocycles. The van der Waals surface area contributed by atoms with Gasteiger partial charge < -0.3 is 16.2 Å². The van der Waals surface area contributed by atoms with E-state index in [2.05, 4.69) is 5.32 Å². The molecule has 0 aliphatic heterocycles. The van der Waals surface area contributed by atoms with Gasteiger partial charge >= 0.3 is 5.97 Å². The number of amides is 1. The van der Waals surface area contributed by atoms with Crippen LogP contribution < -0.4 is 11.1 Å². The predicted molar refractivity (Wildman–Crippen MR) is 76.3 cm³/mol. The van der Waals surface area contributed by atoms with Crippen molar-refractivity contribution in [1.82, 2.24) is 5.32 Å². The molecule has 20 heavy (non-hydrogen) atoms. The number of hydrogen-bond acceptors (Lipinski definition) is 3. The van der Waals surface area contributed by atoms with Gasteiger partial charge in [0.05, 0.1) is 11.0 Å². The summed E-state index contributed by atoms with van der Waals surface area (Å²) >= 11 is 0. The van der Waals surface area contributed by atoms with Gasteiger partial charge in [-0.3, -0.25) is 9.59 Å². The van der Waals surface area contributed by atoms with Crippen molar-refractivity contribution >= 4 is 17.6 Å². The summed E-state index contributed by atoms with van der Waals surface area (Å²) in [4.78, 5) is 23.6. The van der Waals surface area contributed by atoms with Crippen LogP contribution in [0.15, 0.2) is 24.3 Å². The second kappa shape index (κ2) is 5.94. The van der Waals surface area contributed by atoms with E-state index in [-0.39, 0.29) is 12.5 Å². The van der Waals surface area contributed by atoms with Crippen LogP contribution in [-0.4, -0.2) is 23.5 Å². The topological polar surface area (TPSA) is 92.4 Å². The van der Waals surface area contributed by atoms with E-state index in [4.69, 9.17) is 5.73 Å². The number of nitrogens with one attached hydrogen (secondary N) is 1. The number of nitrogen functional groups attached to an aromatic ring is 1. The first kappa shape index (κ1) is 14.4. The van der Waals surface area contributed by atoms with E-state index in [9.17, 15) is 14.7 Å². The smallest absolute Gasteiger partial charge is 0.311 e. The van der Waals surface area contributed by atoms with Crippen molar-refractivity contribution < 1.29 is 14.7 Å². The van der Waals surface area contributed by atoms with E-state index >= 15 is 0 Å². The third-order valence-corrected chi connectivity index (χ3v) is 4.06. The lowest BCUT2D eigenvalue weighted by molar-refractivity contribution is -0.150. The zero-order valence-corrected chi connectivity index (χ0v) is 11.4. The third-order valence-electron chi connectivity index (χ3n) is 4.06. The van der Waals surface area contributed by atoms with Crippen molar-refractivity contribution in [3.63, 3.8) is 0 Å². The molecule has 108 valence electrons. The number of anilines is 1. The second-order valence-electron chi connectivity index (χ2n) is 5.42. The molecule has 0 radical (unpaired) electrons. The molecular formula is C15H20N2O3. The Bertz CT molecular complexity index is 508. The number of carboxylic acids is 1. The molecule has 0 heterocycles. The molecule has 1 aliphatic rings. The van der Waals surface area contributed by atoms with Gasteiger partial charge in [0.15, 0.2) is 0 Å². The lowest BCUT2D eigenvalue weighted by Gasteiger charge is -2.33. The average molecular weight is 276 g/mol. The lowest BCUT2D eigenvalue weighted by Crippen LogP contribution is -2.44. The molecule has 0 saturated heterocycles. The minimum atomic E-state index is -0.822. The highest BCUT2D eigenvalue weighted by atomic mass is 16.4. The molecule has 5 nitrogen and oxygen atoms in total. The first-order chi connectivity index (χ1) is 9.55. The summed E-state index contributed by atoms with van der Waals surface area (Å²) in [7, 11) is 0. The highest BCUT2D eigenvalue weighted by Crippen LogP contribution is 2.36. The summed E-state index contributed by atoms with van der Waals surface area (Å²) in [6.45, 7) is 0.162. The molecule has 0 atom stereocenters. The van der Waals surface area contributed by atoms with Crippen LogP contribution in [0.25, 0.3) is 0 Å². The molecule has 0 spiro atoms. The maximum Gasteiger partial charge on any atom is 0.311 e. The van der Waals surface area contributed by atoms with Crippen LogP contribution in [0.1, 0.15) is 42.5 Å². The summed E-state index contributed by atoms with van der Waals surface area (Å²) in [5.41, 5.74) is 5.72. The Morgan fingerprint density at radius 2 is 1.85 bits per heavy atom. The van der Waals surface area contributed by atoms with Gasteiger partial charge in [-0.2, -0.15) is 0 Å². The first-order valence-electron chi connectivity index (χ1n) is 6.91. The molecule has 1 amide bonds. The fourth-order valence-corrected chi connectivity index (χ4v) is 2.74. The van der Waals surface area contributed by atoms with Gasteiger partial charge in [-0.25, -0.2) is 0 Å². The van der Waals surface area contributed by atoms with Crippen LogP contribution in [0.5, 0.6) is 0 Å². The molecule has 4 N–H and O–H groups in total. The van der Waals surface area contributed by atoms with Crippen LogP contribution >= 0.6 is 0 Å². The number of benzene rings is 1. The van der Waals surface area contributed by atoms with E-state index in [1.165, 1.54) is 0 Å². The van der Waals surface area contributed by atoms with Gasteiger partial charge in [0.2, 0.25) is 0 Å². The Labute approximate surface area is 118 Å². The van der Waals surface area contributed by atoms with Crippen LogP contribution in [-0.2, 0) is 4.79 Å². The fraction of sp³-hybridized carbons (Fsp3) is 0.467. The summed E-state index contributed by atoms with van der Waals surface area (Å²) in [5.74, 6) is -1.13. The van der Waals surface area contributed by atoms with Crippen molar-refractivity contribution in [3.05, 3.63) is 29.8 Å². The minimum absolute atomic E-state index is 0.162. The Balaban J connectivity index is 2.05. The zero-order valence-electron chi connectivity index (χ0n) is 11.4. The highest BCUT2D eigenvalue weighted by molar-refractivity contribution is 5.99. The standard InChI is InChI=1S/C15H20N2O3/c16-12-7-3-2-6-11(12)13(18)17-10-15(14(19)20)8-4-1-5-9-15/h2-3,6-7H,1,4-5,8-10,16H2,(H,17,18)(H,19,20). The van der Waals surface area contributed by atoms with E-state index in [1.54, 1.807) is 24.3 Å². The summed E-state index contributed by atoms with van der Waals surface area (Å²) in [6, 6.07) is 6.78. The fourth-order valence-electron chi connectivity index (χ4n) is 2.74. The van der Waals surface area contributed by atoms with Crippen molar-refractivity contribution in [2.75, 3.05) is 12.3 Å². The van der Waals surface area contributed by atoms with Crippen molar-refractivity contribution in [1.29, 1.82) is 0 Å². The number of para-hydroxylation sites is 1. The number of nitrogens with two attached hydrogens (primary N) is 1. The Hall–Kier alpha value is -2.04. The van der Waals surface area contributed by atoms with Crippen LogP contribution in [0.2, 0.25) is 0 Å². The van der Waals surface area contributed by atoms with Gasteiger partial charge in [-0.1, -0.05) is 31.4 Å². The number of hydrogen-bond donors (Lipinski definition) is 3. The second-order valence-corrected chi connectivity index (χ2v) is 5.42. The van der Waals surface area contributed by atoms with Crippen molar-refractivity contribution in [2.24, 2.45) is 5.41 Å². The highest BCUT2D eigenvalue weighted by Gasteiger charge is 2.39. The SMILES string of the molecule is Nc1ccccc1C(=O)NCC1(C(=O)O)CCCCC1. The van der Waals surface area contributed by atoms with Crippen LogP contribution in [0.4, 0.5) is 5.69 Å². The molecule has 1 fully saturated rings. The number of aliphatic carboxylic acids is 1. The van der Waals surface area contributed by atoms with Gasteiger partial charge in [0.25, 0.3) is 5.91 Å². The van der Waals surface area contributed by atoms with Gasteiger partial charge in [-0.15, -0.1) is 0 Å². The summed E-state index contributed by atoms with van der Waals surface area (Å²) in [5, 5.41) is 12.2. The maximum atomic E-state index is 12.1. The van der Waals surface area contributed by atoms with E-state index in [1.807, 2.05) is 0 Å². The Morgan fingerprint density at radius 1 is 1.20 bits per heavy atom. The molecular weight excluding hydrogens is 256 g/mol. The molecule has 0 aromatic heterocycles. The molecule has 1 saturated carbocycles. The molecule has 0 bridgehead atoms. The Kier molecular flexibility index (Phi) is 4.27. The quantitative estimate of drug-likeness (QED) is 0.734. The molecule has 5 heteroatoms. The van der Waals surface area contributed by atoms with Gasteiger partial charge in [0.1, 0.15) is 0 Å². The number of carbonyl (C=O) groups excluding carboxylic acids is 1. The lowest BCUT2D eigenvalue weighted by atomic mass is 9.74. The number of rotatable bonds is 4. The van der Waals surface area contributed by atoms with Crippen molar-refractivity contribution in [3.8, 4) is 0 Å². The summed E-state index contributed by atoms with van der Waals surface area (Å²) in [6.07, 6.45) is 4.10. The van der Waals surface area contributed by atoms with Crippen LogP contribution in [0, 0.1) is 5.41 Å².